The highest BCUT2D eigenvalue weighted by atomic mass is 35.5. The molecule has 1 aromatic carbocycles. The van der Waals surface area contributed by atoms with Gasteiger partial charge in [0.1, 0.15) is 5.75 Å². The van der Waals surface area contributed by atoms with E-state index in [4.69, 9.17) is 16.3 Å². The van der Waals surface area contributed by atoms with Gasteiger partial charge in [0.25, 0.3) is 0 Å². The minimum Gasteiger partial charge on any atom is -0.495 e. The molecule has 1 amide bonds. The summed E-state index contributed by atoms with van der Waals surface area (Å²) in [6.45, 7) is 1.68. The normalized spacial score (nSPS) is 12.0. The van der Waals surface area contributed by atoms with Gasteiger partial charge in [0, 0.05) is 5.02 Å². The van der Waals surface area contributed by atoms with Crippen LogP contribution in [0.15, 0.2) is 32.5 Å². The predicted octanol–water partition coefficient (Wildman–Crippen LogP) is 1.57. The van der Waals surface area contributed by atoms with Crippen LogP contribution in [0.2, 0.25) is 5.02 Å². The number of nitrogens with one attached hydrogen (secondary N) is 2. The van der Waals surface area contributed by atoms with Gasteiger partial charge in [-0.3, -0.25) is 9.32 Å². The Hall–Kier alpha value is -1.93. The molecule has 0 bridgehead atoms. The van der Waals surface area contributed by atoms with Gasteiger partial charge in [-0.25, -0.2) is 4.79 Å². The van der Waals surface area contributed by atoms with E-state index in [0.717, 1.165) is 11.8 Å². The van der Waals surface area contributed by atoms with Crippen molar-refractivity contribution in [1.29, 1.82) is 0 Å². The zero-order chi connectivity index (χ0) is 16.3. The highest BCUT2D eigenvalue weighted by Crippen LogP contribution is 2.28. The second-order valence-electron chi connectivity index (χ2n) is 4.44. The maximum atomic E-state index is 12.3. The molecular formula is C13H15ClN3O4S+. The van der Waals surface area contributed by atoms with Crippen molar-refractivity contribution < 1.29 is 18.7 Å². The molecule has 118 valence electrons. The lowest BCUT2D eigenvalue weighted by Gasteiger charge is -2.12. The largest absolute Gasteiger partial charge is 0.495 e. The van der Waals surface area contributed by atoms with E-state index in [0.29, 0.717) is 21.5 Å². The molecule has 7 nitrogen and oxygen atoms in total. The number of ether oxygens (including phenoxy) is 1. The van der Waals surface area contributed by atoms with E-state index in [1.54, 1.807) is 32.2 Å². The molecule has 1 unspecified atom stereocenters. The molecule has 0 spiro atoms. The van der Waals surface area contributed by atoms with Crippen molar-refractivity contribution in [2.45, 2.75) is 17.2 Å². The monoisotopic (exact) mass is 344 g/mol. The van der Waals surface area contributed by atoms with Gasteiger partial charge in [-0.2, -0.15) is 0 Å². The Labute approximate surface area is 135 Å². The van der Waals surface area contributed by atoms with Crippen LogP contribution in [0.4, 0.5) is 5.69 Å². The number of anilines is 1. The number of carbonyl (C=O) groups excluding carboxylic acids is 1. The highest BCUT2D eigenvalue weighted by Gasteiger charge is 2.25. The third kappa shape index (κ3) is 3.63. The van der Waals surface area contributed by atoms with E-state index in [1.165, 1.54) is 11.8 Å². The number of hydrogen-bond acceptors (Lipinski definition) is 5. The molecule has 0 aliphatic heterocycles. The van der Waals surface area contributed by atoms with Crippen LogP contribution in [0.3, 0.4) is 0 Å². The van der Waals surface area contributed by atoms with E-state index >= 15 is 0 Å². The minimum atomic E-state index is -0.521. The number of H-pyrrole nitrogens is 1. The first-order valence-corrected chi connectivity index (χ1v) is 7.56. The third-order valence-corrected chi connectivity index (χ3v) is 4.30. The molecule has 1 heterocycles. The summed E-state index contributed by atoms with van der Waals surface area (Å²) in [5, 5.41) is 5.39. The lowest BCUT2D eigenvalue weighted by Crippen LogP contribution is -2.35. The smallest absolute Gasteiger partial charge is 0.441 e. The van der Waals surface area contributed by atoms with Crippen LogP contribution in [0, 0.1) is 0 Å². The summed E-state index contributed by atoms with van der Waals surface area (Å²) in [5.41, 5.74) is -0.0505. The number of carbonyl (C=O) groups is 1. The van der Waals surface area contributed by atoms with Crippen LogP contribution in [-0.4, -0.2) is 23.5 Å². The van der Waals surface area contributed by atoms with Gasteiger partial charge in [0.15, 0.2) is 7.05 Å². The van der Waals surface area contributed by atoms with E-state index in [1.807, 2.05) is 0 Å². The molecule has 0 aliphatic rings. The Bertz CT molecular complexity index is 743. The van der Waals surface area contributed by atoms with Crippen molar-refractivity contribution in [2.75, 3.05) is 12.4 Å². The Morgan fingerprint density at radius 2 is 2.27 bits per heavy atom. The number of amides is 1. The van der Waals surface area contributed by atoms with Crippen LogP contribution < -0.4 is 20.4 Å². The summed E-state index contributed by atoms with van der Waals surface area (Å²) in [7, 11) is 3.12. The lowest BCUT2D eigenvalue weighted by atomic mass is 10.3. The Kier molecular flexibility index (Phi) is 5.15. The molecule has 1 atom stereocenters. The quantitative estimate of drug-likeness (QED) is 0.635. The van der Waals surface area contributed by atoms with Gasteiger partial charge in [-0.05, 0) is 42.2 Å². The number of aromatic amines is 1. The zero-order valence-corrected chi connectivity index (χ0v) is 13.7. The summed E-state index contributed by atoms with van der Waals surface area (Å²) in [4.78, 5) is 23.8. The number of thioether (sulfide) groups is 1. The molecule has 2 aromatic rings. The molecule has 0 fully saturated rings. The first-order chi connectivity index (χ1) is 10.4. The summed E-state index contributed by atoms with van der Waals surface area (Å²) < 4.78 is 11.2. The number of aromatic nitrogens is 2. The average molecular weight is 345 g/mol. The Morgan fingerprint density at radius 1 is 1.55 bits per heavy atom. The van der Waals surface area contributed by atoms with Gasteiger partial charge < -0.3 is 10.1 Å². The maximum absolute atomic E-state index is 12.3. The van der Waals surface area contributed by atoms with Gasteiger partial charge >= 0.3 is 10.7 Å². The van der Waals surface area contributed by atoms with Crippen molar-refractivity contribution in [3.63, 3.8) is 0 Å². The lowest BCUT2D eigenvalue weighted by molar-refractivity contribution is -0.772. The van der Waals surface area contributed by atoms with Crippen molar-refractivity contribution in [2.24, 2.45) is 7.05 Å². The SMILES string of the molecule is COc1ccc(Cl)cc1NC(=O)C(C)Sc1c(=O)o[nH][n+]1C. The Balaban J connectivity index is 2.12. The molecule has 1 aromatic heterocycles. The molecule has 2 N–H and O–H groups in total. The van der Waals surface area contributed by atoms with Crippen LogP contribution in [0.5, 0.6) is 5.75 Å². The number of benzene rings is 1. The van der Waals surface area contributed by atoms with Crippen LogP contribution >= 0.6 is 23.4 Å². The van der Waals surface area contributed by atoms with Crippen LogP contribution in [0.1, 0.15) is 6.92 Å². The fourth-order valence-electron chi connectivity index (χ4n) is 1.69. The number of halogens is 1. The first kappa shape index (κ1) is 16.4. The summed E-state index contributed by atoms with van der Waals surface area (Å²) in [6, 6.07) is 4.93. The van der Waals surface area contributed by atoms with Crippen molar-refractivity contribution in [3.05, 3.63) is 33.6 Å². The third-order valence-electron chi connectivity index (χ3n) is 2.83. The molecule has 0 radical (unpaired) electrons. The van der Waals surface area contributed by atoms with E-state index in [2.05, 4.69) is 15.1 Å². The second kappa shape index (κ2) is 6.89. The highest BCUT2D eigenvalue weighted by molar-refractivity contribution is 8.00. The van der Waals surface area contributed by atoms with E-state index in [9.17, 15) is 9.59 Å². The van der Waals surface area contributed by atoms with E-state index in [-0.39, 0.29) is 5.91 Å². The standard InChI is InChI=1S/C13H14ClN3O4S/c1-7(22-12-13(19)21-16-17(12)2)11(18)15-9-6-8(14)4-5-10(9)20-3/h4-7H,1-3H3,(H-,15,16,18,19)/p+1. The van der Waals surface area contributed by atoms with Gasteiger partial charge in [0.05, 0.1) is 18.0 Å². The number of rotatable bonds is 5. The predicted molar refractivity (Wildman–Crippen MR) is 82.5 cm³/mol. The van der Waals surface area contributed by atoms with Gasteiger partial charge in [-0.15, -0.1) is 0 Å². The molecule has 9 heteroatoms. The molecule has 2 rings (SSSR count). The number of hydrogen-bond donors (Lipinski definition) is 2. The summed E-state index contributed by atoms with van der Waals surface area (Å²) >= 11 is 7.01. The summed E-state index contributed by atoms with van der Waals surface area (Å²) in [5.74, 6) is 0.216. The average Bonchev–Trinajstić information content (AvgIpc) is 2.79. The topological polar surface area (TPSA) is 88.2 Å². The summed E-state index contributed by atoms with van der Waals surface area (Å²) in [6.07, 6.45) is 0. The van der Waals surface area contributed by atoms with Crippen molar-refractivity contribution >= 4 is 35.0 Å². The fraction of sp³-hybridized carbons (Fsp3) is 0.308. The van der Waals surface area contributed by atoms with Gasteiger partial charge in [0.2, 0.25) is 5.91 Å². The fourth-order valence-corrected chi connectivity index (χ4v) is 2.70. The first-order valence-electron chi connectivity index (χ1n) is 6.31. The van der Waals surface area contributed by atoms with Crippen molar-refractivity contribution in [3.8, 4) is 5.75 Å². The Morgan fingerprint density at radius 3 is 2.86 bits per heavy atom. The molecular weight excluding hydrogens is 330 g/mol. The van der Waals surface area contributed by atoms with Crippen molar-refractivity contribution in [1.82, 2.24) is 5.27 Å². The van der Waals surface area contributed by atoms with Gasteiger partial charge in [-0.1, -0.05) is 16.3 Å². The zero-order valence-electron chi connectivity index (χ0n) is 12.2. The van der Waals surface area contributed by atoms with Crippen LogP contribution in [-0.2, 0) is 11.8 Å². The minimum absolute atomic E-state index is 0.286. The maximum Gasteiger partial charge on any atom is 0.441 e. The molecule has 0 saturated carbocycles. The number of aryl methyl sites for hydroxylation is 1. The molecule has 0 saturated heterocycles. The number of nitrogens with zero attached hydrogens (tertiary/aromatic N) is 1. The molecule has 22 heavy (non-hydrogen) atoms. The number of methoxy groups -OCH3 is 1. The molecule has 0 aliphatic carbocycles. The van der Waals surface area contributed by atoms with Crippen LogP contribution in [0.25, 0.3) is 0 Å². The van der Waals surface area contributed by atoms with E-state index < -0.39 is 10.9 Å². The second-order valence-corrected chi connectivity index (χ2v) is 6.20.